The van der Waals surface area contributed by atoms with Crippen molar-refractivity contribution in [2.24, 2.45) is 5.92 Å². The fourth-order valence-electron chi connectivity index (χ4n) is 2.64. The summed E-state index contributed by atoms with van der Waals surface area (Å²) in [6.45, 7) is 3.58. The number of ether oxygens (including phenoxy) is 1. The first kappa shape index (κ1) is 21.9. The molecule has 0 aliphatic heterocycles. The van der Waals surface area contributed by atoms with E-state index in [9.17, 15) is 14.4 Å². The van der Waals surface area contributed by atoms with E-state index in [4.69, 9.17) is 4.74 Å². The van der Waals surface area contributed by atoms with E-state index in [1.165, 1.54) is 4.90 Å². The SMILES string of the molecule is CC(C)[C@H](NC(=O)Nc1ccccc1)C(=O)O[C@H](C(=O)N(C)C)c1ccccc1. The van der Waals surface area contributed by atoms with Crippen molar-refractivity contribution in [2.45, 2.75) is 26.0 Å². The van der Waals surface area contributed by atoms with Crippen LogP contribution in [0.15, 0.2) is 60.7 Å². The Morgan fingerprint density at radius 3 is 1.97 bits per heavy atom. The number of hydrogen-bond donors (Lipinski definition) is 2. The number of amides is 3. The molecule has 3 amide bonds. The van der Waals surface area contributed by atoms with Gasteiger partial charge in [0.2, 0.25) is 6.10 Å². The van der Waals surface area contributed by atoms with Crippen LogP contribution < -0.4 is 10.6 Å². The number of anilines is 1. The molecule has 2 aromatic carbocycles. The number of nitrogens with zero attached hydrogens (tertiary/aromatic N) is 1. The molecule has 0 aliphatic rings. The zero-order valence-electron chi connectivity index (χ0n) is 17.1. The van der Waals surface area contributed by atoms with Crippen molar-refractivity contribution in [3.63, 3.8) is 0 Å². The molecule has 2 atom stereocenters. The number of nitrogens with one attached hydrogen (secondary N) is 2. The summed E-state index contributed by atoms with van der Waals surface area (Å²) >= 11 is 0. The second-order valence-electron chi connectivity index (χ2n) is 7.15. The molecule has 2 N–H and O–H groups in total. The van der Waals surface area contributed by atoms with Crippen LogP contribution in [-0.4, -0.2) is 42.9 Å². The lowest BCUT2D eigenvalue weighted by Gasteiger charge is -2.26. The van der Waals surface area contributed by atoms with Crippen molar-refractivity contribution in [1.29, 1.82) is 0 Å². The lowest BCUT2D eigenvalue weighted by atomic mass is 10.0. The van der Waals surface area contributed by atoms with Gasteiger partial charge in [-0.05, 0) is 18.1 Å². The molecule has 0 aliphatic carbocycles. The molecule has 0 unspecified atom stereocenters. The Balaban J connectivity index is 2.13. The molecule has 0 bridgehead atoms. The second kappa shape index (κ2) is 10.3. The topological polar surface area (TPSA) is 87.7 Å². The van der Waals surface area contributed by atoms with E-state index < -0.39 is 24.1 Å². The molecule has 7 heteroatoms. The van der Waals surface area contributed by atoms with Crippen LogP contribution >= 0.6 is 0 Å². The highest BCUT2D eigenvalue weighted by Gasteiger charge is 2.32. The normalized spacial score (nSPS) is 12.6. The van der Waals surface area contributed by atoms with Gasteiger partial charge >= 0.3 is 12.0 Å². The van der Waals surface area contributed by atoms with Gasteiger partial charge in [0.05, 0.1) is 0 Å². The van der Waals surface area contributed by atoms with Gasteiger partial charge in [0, 0.05) is 25.3 Å². The Labute approximate surface area is 171 Å². The minimum atomic E-state index is -1.08. The summed E-state index contributed by atoms with van der Waals surface area (Å²) in [7, 11) is 3.19. The van der Waals surface area contributed by atoms with Crippen LogP contribution in [0.25, 0.3) is 0 Å². The van der Waals surface area contributed by atoms with Gasteiger partial charge in [-0.1, -0.05) is 62.4 Å². The van der Waals surface area contributed by atoms with Crippen molar-refractivity contribution in [1.82, 2.24) is 10.2 Å². The van der Waals surface area contributed by atoms with Gasteiger partial charge in [0.15, 0.2) is 0 Å². The van der Waals surface area contributed by atoms with Gasteiger partial charge < -0.3 is 20.3 Å². The fourth-order valence-corrected chi connectivity index (χ4v) is 2.64. The van der Waals surface area contributed by atoms with E-state index >= 15 is 0 Å². The van der Waals surface area contributed by atoms with Gasteiger partial charge in [-0.15, -0.1) is 0 Å². The number of para-hydroxylation sites is 1. The molecule has 0 aromatic heterocycles. The standard InChI is InChI=1S/C22H27N3O4/c1-15(2)18(24-22(28)23-17-13-9-6-10-14-17)21(27)29-19(20(26)25(3)4)16-11-7-5-8-12-16/h5-15,18-19H,1-4H3,(H2,23,24,28)/t18-,19-/m0/s1. The Bertz CT molecular complexity index is 822. The number of urea groups is 1. The van der Waals surface area contributed by atoms with Crippen molar-refractivity contribution in [3.05, 3.63) is 66.2 Å². The molecular formula is C22H27N3O4. The molecule has 0 heterocycles. The quantitative estimate of drug-likeness (QED) is 0.703. The third-order valence-corrected chi connectivity index (χ3v) is 4.24. The van der Waals surface area contributed by atoms with Crippen molar-refractivity contribution >= 4 is 23.6 Å². The van der Waals surface area contributed by atoms with Crippen LogP contribution in [0.5, 0.6) is 0 Å². The minimum Gasteiger partial charge on any atom is -0.446 e. The third kappa shape index (κ3) is 6.34. The van der Waals surface area contributed by atoms with Crippen LogP contribution in [0.4, 0.5) is 10.5 Å². The molecule has 29 heavy (non-hydrogen) atoms. The third-order valence-electron chi connectivity index (χ3n) is 4.24. The van der Waals surface area contributed by atoms with Crippen LogP contribution in [-0.2, 0) is 14.3 Å². The summed E-state index contributed by atoms with van der Waals surface area (Å²) in [5.41, 5.74) is 1.17. The van der Waals surface area contributed by atoms with E-state index in [0.717, 1.165) is 0 Å². The summed E-state index contributed by atoms with van der Waals surface area (Å²) in [5.74, 6) is -1.28. The first-order chi connectivity index (χ1) is 13.8. The Kier molecular flexibility index (Phi) is 7.77. The monoisotopic (exact) mass is 397 g/mol. The first-order valence-electron chi connectivity index (χ1n) is 9.38. The Hall–Kier alpha value is -3.35. The van der Waals surface area contributed by atoms with E-state index in [0.29, 0.717) is 11.3 Å². The summed E-state index contributed by atoms with van der Waals surface area (Å²) in [6, 6.07) is 16.3. The highest BCUT2D eigenvalue weighted by molar-refractivity contribution is 5.93. The zero-order valence-corrected chi connectivity index (χ0v) is 17.1. The number of esters is 1. The first-order valence-corrected chi connectivity index (χ1v) is 9.38. The molecule has 0 saturated carbocycles. The highest BCUT2D eigenvalue weighted by Crippen LogP contribution is 2.21. The average molecular weight is 397 g/mol. The van der Waals surface area contributed by atoms with Crippen molar-refractivity contribution < 1.29 is 19.1 Å². The maximum Gasteiger partial charge on any atom is 0.330 e. The molecule has 7 nitrogen and oxygen atoms in total. The summed E-state index contributed by atoms with van der Waals surface area (Å²) in [4.78, 5) is 39.1. The number of rotatable bonds is 7. The van der Waals surface area contributed by atoms with Gasteiger partial charge in [0.25, 0.3) is 5.91 Å². The summed E-state index contributed by atoms with van der Waals surface area (Å²) in [6.07, 6.45) is -1.08. The van der Waals surface area contributed by atoms with Gasteiger partial charge in [-0.2, -0.15) is 0 Å². The van der Waals surface area contributed by atoms with Crippen molar-refractivity contribution in [2.75, 3.05) is 19.4 Å². The average Bonchev–Trinajstić information content (AvgIpc) is 2.70. The van der Waals surface area contributed by atoms with Crippen LogP contribution in [0.3, 0.4) is 0 Å². The van der Waals surface area contributed by atoms with Crippen LogP contribution in [0.1, 0.15) is 25.5 Å². The molecule has 0 fully saturated rings. The molecule has 2 rings (SSSR count). The molecule has 154 valence electrons. The molecule has 2 aromatic rings. The van der Waals surface area contributed by atoms with E-state index in [1.807, 2.05) is 12.1 Å². The maximum absolute atomic E-state index is 12.8. The number of carbonyl (C=O) groups is 3. The highest BCUT2D eigenvalue weighted by atomic mass is 16.5. The Morgan fingerprint density at radius 1 is 0.897 bits per heavy atom. The molecule has 0 saturated heterocycles. The van der Waals surface area contributed by atoms with Crippen molar-refractivity contribution in [3.8, 4) is 0 Å². The fraction of sp³-hybridized carbons (Fsp3) is 0.318. The second-order valence-corrected chi connectivity index (χ2v) is 7.15. The number of hydrogen-bond acceptors (Lipinski definition) is 4. The molecule has 0 radical (unpaired) electrons. The molecular weight excluding hydrogens is 370 g/mol. The number of carbonyl (C=O) groups excluding carboxylic acids is 3. The predicted octanol–water partition coefficient (Wildman–Crippen LogP) is 3.21. The number of benzene rings is 2. The summed E-state index contributed by atoms with van der Waals surface area (Å²) < 4.78 is 5.56. The molecule has 0 spiro atoms. The Morgan fingerprint density at radius 2 is 1.45 bits per heavy atom. The van der Waals surface area contributed by atoms with Crippen LogP contribution in [0, 0.1) is 5.92 Å². The number of likely N-dealkylation sites (N-methyl/N-ethyl adjacent to an activating group) is 1. The minimum absolute atomic E-state index is 0.241. The predicted molar refractivity (Wildman–Crippen MR) is 111 cm³/mol. The van der Waals surface area contributed by atoms with Gasteiger partial charge in [-0.25, -0.2) is 9.59 Å². The smallest absolute Gasteiger partial charge is 0.330 e. The van der Waals surface area contributed by atoms with E-state index in [1.54, 1.807) is 76.5 Å². The lowest BCUT2D eigenvalue weighted by Crippen LogP contribution is -2.48. The largest absolute Gasteiger partial charge is 0.446 e. The van der Waals surface area contributed by atoms with Gasteiger partial charge in [-0.3, -0.25) is 4.79 Å². The van der Waals surface area contributed by atoms with E-state index in [2.05, 4.69) is 10.6 Å². The van der Waals surface area contributed by atoms with Crippen LogP contribution in [0.2, 0.25) is 0 Å². The van der Waals surface area contributed by atoms with Gasteiger partial charge in [0.1, 0.15) is 6.04 Å². The zero-order chi connectivity index (χ0) is 21.4. The summed E-state index contributed by atoms with van der Waals surface area (Å²) in [5, 5.41) is 5.32. The lowest BCUT2D eigenvalue weighted by molar-refractivity contribution is -0.162. The maximum atomic E-state index is 12.8. The van der Waals surface area contributed by atoms with E-state index in [-0.39, 0.29) is 11.8 Å².